The first-order valence-electron chi connectivity index (χ1n) is 8.53. The van der Waals surface area contributed by atoms with Gasteiger partial charge in [0.2, 0.25) is 0 Å². The molecule has 25 heavy (non-hydrogen) atoms. The van der Waals surface area contributed by atoms with Crippen molar-refractivity contribution in [3.8, 4) is 5.75 Å². The van der Waals surface area contributed by atoms with Crippen molar-refractivity contribution in [3.05, 3.63) is 64.7 Å². The average Bonchev–Trinajstić information content (AvgIpc) is 2.62. The number of hydrogen-bond donors (Lipinski definition) is 1. The number of ether oxygens (including phenoxy) is 1. The maximum atomic E-state index is 12.1. The smallest absolute Gasteiger partial charge is 0.258 e. The van der Waals surface area contributed by atoms with Crippen LogP contribution < -0.4 is 10.1 Å². The number of ketones is 1. The number of carbonyl (C=O) groups excluding carboxylic acids is 2. The van der Waals surface area contributed by atoms with Gasteiger partial charge in [0.15, 0.2) is 12.4 Å². The zero-order chi connectivity index (χ0) is 18.4. The van der Waals surface area contributed by atoms with Gasteiger partial charge in [0.05, 0.1) is 6.04 Å². The standard InChI is InChI=1S/C21H25NO3/c1-5-20(23)17-8-10-19(11-9-17)25-13-21(24)22-16(4)18-7-6-14(2)15(3)12-18/h6-12,16H,5,13H2,1-4H3,(H,22,24)/t16-/m0/s1. The number of rotatable bonds is 7. The van der Waals surface area contributed by atoms with E-state index in [0.29, 0.717) is 17.7 Å². The molecule has 0 spiro atoms. The number of carbonyl (C=O) groups is 2. The molecule has 1 atom stereocenters. The fourth-order valence-electron chi connectivity index (χ4n) is 2.49. The summed E-state index contributed by atoms with van der Waals surface area (Å²) in [6, 6.07) is 12.9. The lowest BCUT2D eigenvalue weighted by molar-refractivity contribution is -0.123. The molecule has 1 N–H and O–H groups in total. The van der Waals surface area contributed by atoms with Crippen molar-refractivity contribution < 1.29 is 14.3 Å². The molecule has 0 aliphatic carbocycles. The average molecular weight is 339 g/mol. The third kappa shape index (κ3) is 5.18. The maximum Gasteiger partial charge on any atom is 0.258 e. The van der Waals surface area contributed by atoms with E-state index in [2.05, 4.69) is 31.3 Å². The Hall–Kier alpha value is -2.62. The molecule has 2 rings (SSSR count). The Morgan fingerprint density at radius 2 is 1.72 bits per heavy atom. The third-order valence-electron chi connectivity index (χ3n) is 4.28. The van der Waals surface area contributed by atoms with Crippen molar-refractivity contribution in [2.45, 2.75) is 40.2 Å². The van der Waals surface area contributed by atoms with Crippen molar-refractivity contribution in [2.24, 2.45) is 0 Å². The Kier molecular flexibility index (Phi) is 6.34. The van der Waals surface area contributed by atoms with Gasteiger partial charge in [0.1, 0.15) is 5.75 Å². The maximum absolute atomic E-state index is 12.1. The minimum atomic E-state index is -0.181. The van der Waals surface area contributed by atoms with Crippen LogP contribution in [-0.2, 0) is 4.79 Å². The molecule has 132 valence electrons. The Bertz CT molecular complexity index is 750. The van der Waals surface area contributed by atoms with E-state index in [1.165, 1.54) is 11.1 Å². The molecule has 4 heteroatoms. The molecule has 0 bridgehead atoms. The quantitative estimate of drug-likeness (QED) is 0.771. The summed E-state index contributed by atoms with van der Waals surface area (Å²) in [7, 11) is 0. The number of amides is 1. The van der Waals surface area contributed by atoms with E-state index >= 15 is 0 Å². The second-order valence-electron chi connectivity index (χ2n) is 6.22. The molecular weight excluding hydrogens is 314 g/mol. The van der Waals surface area contributed by atoms with E-state index in [0.717, 1.165) is 5.56 Å². The molecule has 4 nitrogen and oxygen atoms in total. The Morgan fingerprint density at radius 3 is 2.32 bits per heavy atom. The highest BCUT2D eigenvalue weighted by Gasteiger charge is 2.11. The predicted molar refractivity (Wildman–Crippen MR) is 99.0 cm³/mol. The van der Waals surface area contributed by atoms with E-state index in [1.807, 2.05) is 19.9 Å². The third-order valence-corrected chi connectivity index (χ3v) is 4.28. The fourth-order valence-corrected chi connectivity index (χ4v) is 2.49. The molecule has 0 unspecified atom stereocenters. The van der Waals surface area contributed by atoms with E-state index in [-0.39, 0.29) is 24.3 Å². The van der Waals surface area contributed by atoms with Crippen LogP contribution in [0.3, 0.4) is 0 Å². The molecule has 0 aliphatic heterocycles. The highest BCUT2D eigenvalue weighted by atomic mass is 16.5. The van der Waals surface area contributed by atoms with Crippen LogP contribution in [-0.4, -0.2) is 18.3 Å². The second kappa shape index (κ2) is 8.47. The zero-order valence-corrected chi connectivity index (χ0v) is 15.3. The largest absolute Gasteiger partial charge is 0.484 e. The Labute approximate surface area is 149 Å². The minimum Gasteiger partial charge on any atom is -0.484 e. The lowest BCUT2D eigenvalue weighted by Gasteiger charge is -2.16. The number of nitrogens with one attached hydrogen (secondary N) is 1. The van der Waals surface area contributed by atoms with Gasteiger partial charge in [-0.3, -0.25) is 9.59 Å². The summed E-state index contributed by atoms with van der Waals surface area (Å²) in [6.45, 7) is 7.84. The normalized spacial score (nSPS) is 11.7. The molecule has 2 aromatic carbocycles. The van der Waals surface area contributed by atoms with Crippen LogP contribution in [0.2, 0.25) is 0 Å². The number of aryl methyl sites for hydroxylation is 2. The summed E-state index contributed by atoms with van der Waals surface area (Å²) in [4.78, 5) is 23.7. The molecule has 0 saturated heterocycles. The first-order valence-corrected chi connectivity index (χ1v) is 8.53. The number of Topliss-reactive ketones (excluding diaryl/α,β-unsaturated/α-hetero) is 1. The summed E-state index contributed by atoms with van der Waals surface area (Å²) in [5.41, 5.74) is 4.16. The lowest BCUT2D eigenvalue weighted by Crippen LogP contribution is -2.31. The van der Waals surface area contributed by atoms with Crippen molar-refractivity contribution in [2.75, 3.05) is 6.61 Å². The highest BCUT2D eigenvalue weighted by molar-refractivity contribution is 5.95. The van der Waals surface area contributed by atoms with Crippen molar-refractivity contribution in [1.82, 2.24) is 5.32 Å². The van der Waals surface area contributed by atoms with Crippen LogP contribution in [0.25, 0.3) is 0 Å². The SMILES string of the molecule is CCC(=O)c1ccc(OCC(=O)N[C@@H](C)c2ccc(C)c(C)c2)cc1. The van der Waals surface area contributed by atoms with Crippen molar-refractivity contribution in [3.63, 3.8) is 0 Å². The van der Waals surface area contributed by atoms with Crippen LogP contribution in [0.15, 0.2) is 42.5 Å². The van der Waals surface area contributed by atoms with Crippen molar-refractivity contribution in [1.29, 1.82) is 0 Å². The van der Waals surface area contributed by atoms with Crippen LogP contribution in [0.4, 0.5) is 0 Å². The fraction of sp³-hybridized carbons (Fsp3) is 0.333. The zero-order valence-electron chi connectivity index (χ0n) is 15.3. The van der Waals surface area contributed by atoms with Gasteiger partial charge < -0.3 is 10.1 Å². The minimum absolute atomic E-state index is 0.0593. The molecule has 0 radical (unpaired) electrons. The van der Waals surface area contributed by atoms with Gasteiger partial charge >= 0.3 is 0 Å². The predicted octanol–water partition coefficient (Wildman–Crippen LogP) is 4.15. The van der Waals surface area contributed by atoms with Crippen molar-refractivity contribution >= 4 is 11.7 Å². The monoisotopic (exact) mass is 339 g/mol. The van der Waals surface area contributed by atoms with E-state index in [9.17, 15) is 9.59 Å². The van der Waals surface area contributed by atoms with E-state index in [1.54, 1.807) is 24.3 Å². The summed E-state index contributed by atoms with van der Waals surface area (Å²) in [6.07, 6.45) is 0.471. The second-order valence-corrected chi connectivity index (χ2v) is 6.22. The Morgan fingerprint density at radius 1 is 1.04 bits per heavy atom. The molecule has 2 aromatic rings. The molecule has 1 amide bonds. The van der Waals surface area contributed by atoms with Gasteiger partial charge in [-0.05, 0) is 61.7 Å². The van der Waals surface area contributed by atoms with E-state index < -0.39 is 0 Å². The molecule has 0 aliphatic rings. The first-order chi connectivity index (χ1) is 11.9. The van der Waals surface area contributed by atoms with Gasteiger partial charge in [-0.15, -0.1) is 0 Å². The summed E-state index contributed by atoms with van der Waals surface area (Å²) in [5.74, 6) is 0.479. The van der Waals surface area contributed by atoms with Crippen LogP contribution in [0, 0.1) is 13.8 Å². The molecular formula is C21H25NO3. The van der Waals surface area contributed by atoms with Crippen LogP contribution >= 0.6 is 0 Å². The Balaban J connectivity index is 1.87. The summed E-state index contributed by atoms with van der Waals surface area (Å²) < 4.78 is 5.49. The summed E-state index contributed by atoms with van der Waals surface area (Å²) in [5, 5.41) is 2.93. The van der Waals surface area contributed by atoms with Gasteiger partial charge in [0, 0.05) is 12.0 Å². The van der Waals surface area contributed by atoms with Crippen LogP contribution in [0.1, 0.15) is 53.4 Å². The highest BCUT2D eigenvalue weighted by Crippen LogP contribution is 2.17. The molecule has 0 aromatic heterocycles. The molecule has 0 saturated carbocycles. The lowest BCUT2D eigenvalue weighted by atomic mass is 10.0. The van der Waals surface area contributed by atoms with Crippen LogP contribution in [0.5, 0.6) is 5.75 Å². The van der Waals surface area contributed by atoms with Gasteiger partial charge in [0.25, 0.3) is 5.91 Å². The molecule has 0 fully saturated rings. The van der Waals surface area contributed by atoms with Gasteiger partial charge in [-0.25, -0.2) is 0 Å². The summed E-state index contributed by atoms with van der Waals surface area (Å²) >= 11 is 0. The molecule has 0 heterocycles. The number of hydrogen-bond acceptors (Lipinski definition) is 3. The topological polar surface area (TPSA) is 55.4 Å². The van der Waals surface area contributed by atoms with E-state index in [4.69, 9.17) is 4.74 Å². The number of benzene rings is 2. The first kappa shape index (κ1) is 18.7. The van der Waals surface area contributed by atoms with Gasteiger partial charge in [-0.2, -0.15) is 0 Å². The van der Waals surface area contributed by atoms with Gasteiger partial charge in [-0.1, -0.05) is 25.1 Å².